The monoisotopic (exact) mass is 672 g/mol. The highest BCUT2D eigenvalue weighted by molar-refractivity contribution is 7.98. The number of aromatic nitrogens is 3. The lowest BCUT2D eigenvalue weighted by Crippen LogP contribution is -2.36. The normalized spacial score (nSPS) is 13.0. The molecule has 1 aliphatic heterocycles. The molecule has 0 spiro atoms. The average Bonchev–Trinajstić information content (AvgIpc) is 3.09. The smallest absolute Gasteiger partial charge is 0.407 e. The molecule has 11 heteroatoms. The molecule has 10 nitrogen and oxygen atoms in total. The molecule has 2 amide bonds. The first-order valence-electron chi connectivity index (χ1n) is 16.5. The number of anilines is 1. The lowest BCUT2D eigenvalue weighted by atomic mass is 10.1. The van der Waals surface area contributed by atoms with Crippen molar-refractivity contribution < 1.29 is 19.1 Å². The van der Waals surface area contributed by atoms with Crippen molar-refractivity contribution in [2.75, 3.05) is 44.0 Å². The Kier molecular flexibility index (Phi) is 13.6. The fourth-order valence-electron chi connectivity index (χ4n) is 4.95. The van der Waals surface area contributed by atoms with E-state index in [-0.39, 0.29) is 12.0 Å². The van der Waals surface area contributed by atoms with Gasteiger partial charge in [0.1, 0.15) is 11.4 Å². The Balaban J connectivity index is 0.000000341. The van der Waals surface area contributed by atoms with Gasteiger partial charge in [-0.1, -0.05) is 31.9 Å². The summed E-state index contributed by atoms with van der Waals surface area (Å²) in [4.78, 5) is 41.3. The number of pyridine rings is 3. The van der Waals surface area contributed by atoms with Crippen LogP contribution in [0.2, 0.25) is 0 Å². The van der Waals surface area contributed by atoms with Crippen molar-refractivity contribution in [2.45, 2.75) is 70.9 Å². The predicted molar refractivity (Wildman–Crippen MR) is 194 cm³/mol. The van der Waals surface area contributed by atoms with Gasteiger partial charge in [-0.2, -0.15) is 0 Å². The number of hydrogen-bond donors (Lipinski definition) is 2. The summed E-state index contributed by atoms with van der Waals surface area (Å²) in [5.41, 5.74) is 4.62. The molecule has 3 aromatic heterocycles. The third-order valence-corrected chi connectivity index (χ3v) is 8.39. The average molecular weight is 673 g/mol. The molecule has 0 atom stereocenters. The molecule has 5 rings (SSSR count). The first-order valence-corrected chi connectivity index (χ1v) is 17.7. The maximum atomic E-state index is 12.7. The zero-order valence-electron chi connectivity index (χ0n) is 29.0. The number of nitrogens with zero attached hydrogens (tertiary/aromatic N) is 4. The van der Waals surface area contributed by atoms with Crippen molar-refractivity contribution in [3.8, 4) is 11.4 Å². The number of rotatable bonds is 10. The number of thioether (sulfide) groups is 1. The summed E-state index contributed by atoms with van der Waals surface area (Å²) in [6, 6.07) is 17.7. The summed E-state index contributed by atoms with van der Waals surface area (Å²) < 4.78 is 10.5. The Morgan fingerprint density at radius 1 is 0.979 bits per heavy atom. The quantitative estimate of drug-likeness (QED) is 0.133. The topological polar surface area (TPSA) is 119 Å². The van der Waals surface area contributed by atoms with E-state index in [1.807, 2.05) is 88.5 Å². The van der Waals surface area contributed by atoms with Crippen molar-refractivity contribution in [3.63, 3.8) is 0 Å². The van der Waals surface area contributed by atoms with E-state index in [9.17, 15) is 9.59 Å². The third-order valence-electron chi connectivity index (χ3n) is 7.51. The molecular weight excluding hydrogens is 625 g/mol. The van der Waals surface area contributed by atoms with Gasteiger partial charge in [-0.15, -0.1) is 11.8 Å². The van der Waals surface area contributed by atoms with E-state index < -0.39 is 5.60 Å². The van der Waals surface area contributed by atoms with Crippen LogP contribution >= 0.6 is 11.8 Å². The van der Waals surface area contributed by atoms with Gasteiger partial charge in [0.15, 0.2) is 0 Å². The van der Waals surface area contributed by atoms with E-state index in [0.717, 1.165) is 89.8 Å². The highest BCUT2D eigenvalue weighted by atomic mass is 32.2. The minimum atomic E-state index is -0.394. The summed E-state index contributed by atoms with van der Waals surface area (Å²) in [6.07, 6.45) is 6.83. The van der Waals surface area contributed by atoms with Crippen LogP contribution in [0.4, 0.5) is 10.6 Å². The number of morpholine rings is 1. The molecule has 1 aliphatic rings. The zero-order valence-corrected chi connectivity index (χ0v) is 29.8. The van der Waals surface area contributed by atoms with E-state index in [1.54, 1.807) is 18.0 Å². The molecule has 48 heavy (non-hydrogen) atoms. The molecule has 0 radical (unpaired) electrons. The molecule has 256 valence electrons. The van der Waals surface area contributed by atoms with E-state index in [1.165, 1.54) is 0 Å². The predicted octanol–water partition coefficient (Wildman–Crippen LogP) is 7.19. The minimum absolute atomic E-state index is 0.118. The Labute approximate surface area is 288 Å². The lowest BCUT2D eigenvalue weighted by Gasteiger charge is -2.28. The molecule has 0 unspecified atom stereocenters. The number of hydrogen-bond acceptors (Lipinski definition) is 9. The fourth-order valence-corrected chi connectivity index (χ4v) is 5.58. The van der Waals surface area contributed by atoms with Gasteiger partial charge in [0.2, 0.25) is 0 Å². The van der Waals surface area contributed by atoms with Gasteiger partial charge >= 0.3 is 6.09 Å². The van der Waals surface area contributed by atoms with Crippen LogP contribution in [0, 0.1) is 6.92 Å². The standard InChI is InChI=1S/C27H27N5O2S.C10H21NO2/c1-18-6-7-19(14-25(18)35-2)27(33)29-17-21-15-24-20(16-28-21)8-9-23(30-24)22-4-3-5-26(31-22)32-10-12-34-13-11-32;1-5-6-7-8-11-9(12)13-10(2,3)4/h3-9,14-16H,10-13,17H2,1-2H3,(H,29,33);5-8H2,1-4H3,(H,11,12). The number of carbonyl (C=O) groups is 2. The molecule has 0 saturated carbocycles. The highest BCUT2D eigenvalue weighted by Crippen LogP contribution is 2.23. The van der Waals surface area contributed by atoms with Crippen LogP contribution in [0.5, 0.6) is 0 Å². The van der Waals surface area contributed by atoms with Crippen molar-refractivity contribution in [1.29, 1.82) is 0 Å². The van der Waals surface area contributed by atoms with Gasteiger partial charge in [0, 0.05) is 41.7 Å². The summed E-state index contributed by atoms with van der Waals surface area (Å²) in [6.45, 7) is 13.9. The number of amides is 2. The van der Waals surface area contributed by atoms with Gasteiger partial charge in [-0.25, -0.2) is 14.8 Å². The van der Waals surface area contributed by atoms with Gasteiger partial charge in [0.05, 0.1) is 42.4 Å². The largest absolute Gasteiger partial charge is 0.444 e. The number of alkyl carbamates (subject to hydrolysis) is 1. The van der Waals surface area contributed by atoms with E-state index in [2.05, 4.69) is 27.4 Å². The number of fused-ring (bicyclic) bond motifs is 1. The molecule has 4 heterocycles. The number of benzene rings is 1. The van der Waals surface area contributed by atoms with Crippen molar-refractivity contribution in [3.05, 3.63) is 77.6 Å². The van der Waals surface area contributed by atoms with Crippen LogP contribution in [-0.2, 0) is 16.0 Å². The van der Waals surface area contributed by atoms with Crippen molar-refractivity contribution in [2.24, 2.45) is 0 Å². The maximum absolute atomic E-state index is 12.7. The molecule has 4 aromatic rings. The number of nitrogens with one attached hydrogen (secondary N) is 2. The Hall–Kier alpha value is -4.22. The van der Waals surface area contributed by atoms with Gasteiger partial charge in [0.25, 0.3) is 5.91 Å². The van der Waals surface area contributed by atoms with E-state index in [4.69, 9.17) is 19.4 Å². The minimum Gasteiger partial charge on any atom is -0.444 e. The number of ether oxygens (including phenoxy) is 2. The molecule has 0 bridgehead atoms. The maximum Gasteiger partial charge on any atom is 0.407 e. The second-order valence-electron chi connectivity index (χ2n) is 12.5. The fraction of sp³-hybridized carbons (Fsp3) is 0.432. The van der Waals surface area contributed by atoms with Crippen LogP contribution in [0.25, 0.3) is 22.3 Å². The molecule has 0 aliphatic carbocycles. The van der Waals surface area contributed by atoms with Crippen LogP contribution in [-0.4, -0.2) is 71.7 Å². The highest BCUT2D eigenvalue weighted by Gasteiger charge is 2.16. The molecule has 1 fully saturated rings. The Morgan fingerprint density at radius 3 is 2.48 bits per heavy atom. The summed E-state index contributed by atoms with van der Waals surface area (Å²) in [5, 5.41) is 6.63. The Bertz CT molecular complexity index is 1670. The van der Waals surface area contributed by atoms with E-state index in [0.29, 0.717) is 18.7 Å². The number of carbonyl (C=O) groups excluding carboxylic acids is 2. The second-order valence-corrected chi connectivity index (χ2v) is 13.4. The van der Waals surface area contributed by atoms with Crippen molar-refractivity contribution in [1.82, 2.24) is 25.6 Å². The first kappa shape index (κ1) is 36.6. The zero-order chi connectivity index (χ0) is 34.5. The number of aryl methyl sites for hydroxylation is 1. The summed E-state index contributed by atoms with van der Waals surface area (Å²) in [7, 11) is 0. The SMILES string of the molecule is CCCCCNC(=O)OC(C)(C)C.CSc1cc(C(=O)NCc2cc3nc(-c4cccc(N5CCOCC5)n4)ccc3cn2)ccc1C. The number of unbranched alkanes of at least 4 members (excludes halogenated alkanes) is 2. The van der Waals surface area contributed by atoms with Crippen LogP contribution < -0.4 is 15.5 Å². The molecule has 2 N–H and O–H groups in total. The van der Waals surface area contributed by atoms with Gasteiger partial charge in [-0.05, 0) is 88.4 Å². The van der Waals surface area contributed by atoms with Crippen LogP contribution in [0.3, 0.4) is 0 Å². The van der Waals surface area contributed by atoms with Crippen LogP contribution in [0.1, 0.15) is 68.6 Å². The van der Waals surface area contributed by atoms with Gasteiger partial charge in [-0.3, -0.25) is 9.78 Å². The lowest BCUT2D eigenvalue weighted by molar-refractivity contribution is 0.0526. The molecule has 1 aromatic carbocycles. The third kappa shape index (κ3) is 11.2. The van der Waals surface area contributed by atoms with Gasteiger partial charge < -0.3 is 25.0 Å². The molecule has 1 saturated heterocycles. The van der Waals surface area contributed by atoms with Crippen molar-refractivity contribution >= 4 is 40.5 Å². The van der Waals surface area contributed by atoms with Crippen LogP contribution in [0.15, 0.2) is 65.7 Å². The second kappa shape index (κ2) is 17.8. The Morgan fingerprint density at radius 2 is 1.75 bits per heavy atom. The summed E-state index contributed by atoms with van der Waals surface area (Å²) in [5.74, 6) is 0.819. The first-order chi connectivity index (χ1) is 23.1. The summed E-state index contributed by atoms with van der Waals surface area (Å²) >= 11 is 1.64. The van der Waals surface area contributed by atoms with E-state index >= 15 is 0 Å². The molecular formula is C37H48N6O4S.